The molecule has 7 heteroatoms. The first-order valence-electron chi connectivity index (χ1n) is 14.0. The number of benzene rings is 1. The van der Waals surface area contributed by atoms with Gasteiger partial charge in [-0.2, -0.15) is 0 Å². The predicted molar refractivity (Wildman–Crippen MR) is 154 cm³/mol. The standard InChI is InChI=1S/C30H35Br2ClN2O2/c31-22-14-21-9-8-20-15-23(33)16-24(32)27(20)28(29(21)34-17-22)19-10-12-35(13-11-19)30-26(37-30)7-3-5-18-4-1-2-6-25(18)36/h14-19,26,28,30H,1-13H2/t18?,26?,28-,30?/m1/s1. The van der Waals surface area contributed by atoms with Crippen LogP contribution in [0.3, 0.4) is 0 Å². The van der Waals surface area contributed by atoms with Crippen molar-refractivity contribution in [3.8, 4) is 0 Å². The molecule has 2 aromatic rings. The minimum absolute atomic E-state index is 0.274. The van der Waals surface area contributed by atoms with E-state index in [0.29, 0.717) is 23.7 Å². The Hall–Kier alpha value is -0.790. The number of epoxide rings is 1. The Bertz CT molecular complexity index is 1170. The average Bonchev–Trinajstić information content (AvgIpc) is 3.67. The number of likely N-dealkylation sites (tertiary alicyclic amines) is 1. The lowest BCUT2D eigenvalue weighted by molar-refractivity contribution is -0.124. The fourth-order valence-corrected chi connectivity index (χ4v) is 8.63. The SMILES string of the molecule is O=C1CCCCC1CCCC1OC1N1CCC([C@H]2c3ncc(Br)cc3CCc3cc(Cl)cc(Br)c32)CC1. The maximum absolute atomic E-state index is 12.1. The third-order valence-electron chi connectivity index (χ3n) is 9.10. The van der Waals surface area contributed by atoms with Crippen molar-refractivity contribution < 1.29 is 9.53 Å². The summed E-state index contributed by atoms with van der Waals surface area (Å²) in [7, 11) is 0. The second-order valence-corrected chi connectivity index (χ2v) is 13.6. The number of carbonyl (C=O) groups excluding carboxylic acids is 1. The predicted octanol–water partition coefficient (Wildman–Crippen LogP) is 7.86. The molecule has 0 radical (unpaired) electrons. The van der Waals surface area contributed by atoms with Crippen LogP contribution in [0.2, 0.25) is 5.02 Å². The Kier molecular flexibility index (Phi) is 8.12. The van der Waals surface area contributed by atoms with E-state index in [9.17, 15) is 4.79 Å². The van der Waals surface area contributed by atoms with Crippen LogP contribution in [0, 0.1) is 11.8 Å². The number of hydrogen-bond acceptors (Lipinski definition) is 4. The van der Waals surface area contributed by atoms with Gasteiger partial charge in [-0.1, -0.05) is 34.0 Å². The number of fused-ring (bicyclic) bond motifs is 2. The van der Waals surface area contributed by atoms with E-state index < -0.39 is 0 Å². The molecule has 6 rings (SSSR count). The summed E-state index contributed by atoms with van der Waals surface area (Å²) in [5.74, 6) is 1.63. The number of carbonyl (C=O) groups is 1. The van der Waals surface area contributed by atoms with E-state index in [4.69, 9.17) is 21.3 Å². The lowest BCUT2D eigenvalue weighted by Gasteiger charge is -2.36. The molecule has 0 bridgehead atoms. The highest BCUT2D eigenvalue weighted by atomic mass is 79.9. The van der Waals surface area contributed by atoms with Gasteiger partial charge in [0.25, 0.3) is 0 Å². The summed E-state index contributed by atoms with van der Waals surface area (Å²) in [4.78, 5) is 19.7. The molecule has 3 heterocycles. The van der Waals surface area contributed by atoms with Crippen molar-refractivity contribution in [3.05, 3.63) is 60.7 Å². The van der Waals surface area contributed by atoms with Gasteiger partial charge in [-0.05, 0) is 115 Å². The Morgan fingerprint density at radius 3 is 2.62 bits per heavy atom. The summed E-state index contributed by atoms with van der Waals surface area (Å²) >= 11 is 14.0. The molecule has 0 amide bonds. The fraction of sp³-hybridized carbons (Fsp3) is 0.600. The number of ether oxygens (including phenoxy) is 1. The minimum atomic E-state index is 0.274. The Labute approximate surface area is 242 Å². The summed E-state index contributed by atoms with van der Waals surface area (Å²) in [6, 6.07) is 6.47. The molecular weight excluding hydrogens is 616 g/mol. The minimum Gasteiger partial charge on any atom is -0.353 e. The van der Waals surface area contributed by atoms with Crippen molar-refractivity contribution >= 4 is 49.2 Å². The third kappa shape index (κ3) is 5.75. The van der Waals surface area contributed by atoms with Gasteiger partial charge in [0, 0.05) is 51.5 Å². The van der Waals surface area contributed by atoms with Gasteiger partial charge in [0.15, 0.2) is 0 Å². The molecular formula is C30H35Br2ClN2O2. The zero-order chi connectivity index (χ0) is 25.5. The number of rotatable bonds is 6. The van der Waals surface area contributed by atoms with Crippen molar-refractivity contribution in [2.24, 2.45) is 11.8 Å². The van der Waals surface area contributed by atoms with Gasteiger partial charge in [0.05, 0.1) is 11.8 Å². The van der Waals surface area contributed by atoms with Gasteiger partial charge in [-0.25, -0.2) is 0 Å². The highest BCUT2D eigenvalue weighted by Gasteiger charge is 2.45. The van der Waals surface area contributed by atoms with Crippen molar-refractivity contribution in [1.82, 2.24) is 9.88 Å². The molecule has 1 aromatic carbocycles. The number of pyridine rings is 1. The molecule has 0 N–H and O–H groups in total. The monoisotopic (exact) mass is 648 g/mol. The van der Waals surface area contributed by atoms with Crippen LogP contribution in [0.15, 0.2) is 33.3 Å². The van der Waals surface area contributed by atoms with Gasteiger partial charge < -0.3 is 4.74 Å². The molecule has 3 unspecified atom stereocenters. The third-order valence-corrected chi connectivity index (χ3v) is 10.4. The first-order chi connectivity index (χ1) is 18.0. The summed E-state index contributed by atoms with van der Waals surface area (Å²) in [6.07, 6.45) is 14.3. The van der Waals surface area contributed by atoms with E-state index in [1.807, 2.05) is 6.20 Å². The van der Waals surface area contributed by atoms with Crippen LogP contribution in [0.25, 0.3) is 0 Å². The summed E-state index contributed by atoms with van der Waals surface area (Å²) in [6.45, 7) is 2.13. The van der Waals surface area contributed by atoms with Gasteiger partial charge in [0.1, 0.15) is 12.0 Å². The second-order valence-electron chi connectivity index (χ2n) is 11.4. The van der Waals surface area contributed by atoms with Crippen LogP contribution in [0.4, 0.5) is 0 Å². The first-order valence-corrected chi connectivity index (χ1v) is 16.0. The van der Waals surface area contributed by atoms with Crippen LogP contribution in [-0.2, 0) is 22.4 Å². The van der Waals surface area contributed by atoms with Crippen molar-refractivity contribution in [2.75, 3.05) is 13.1 Å². The van der Waals surface area contributed by atoms with Crippen LogP contribution in [0.1, 0.15) is 86.1 Å². The first kappa shape index (κ1) is 26.4. The van der Waals surface area contributed by atoms with Crippen LogP contribution in [0.5, 0.6) is 0 Å². The van der Waals surface area contributed by atoms with Crippen molar-refractivity contribution in [1.29, 1.82) is 0 Å². The van der Waals surface area contributed by atoms with Gasteiger partial charge in [-0.15, -0.1) is 0 Å². The normalized spacial score (nSPS) is 28.5. The lowest BCUT2D eigenvalue weighted by Crippen LogP contribution is -2.38. The highest BCUT2D eigenvalue weighted by Crippen LogP contribution is 2.47. The lowest BCUT2D eigenvalue weighted by atomic mass is 9.76. The van der Waals surface area contributed by atoms with Crippen molar-refractivity contribution in [2.45, 2.75) is 88.9 Å². The molecule has 1 aromatic heterocycles. The maximum Gasteiger partial charge on any atom is 0.137 e. The zero-order valence-electron chi connectivity index (χ0n) is 21.2. The van der Waals surface area contributed by atoms with Gasteiger partial charge in [-0.3, -0.25) is 14.7 Å². The van der Waals surface area contributed by atoms with E-state index in [-0.39, 0.29) is 12.1 Å². The highest BCUT2D eigenvalue weighted by molar-refractivity contribution is 9.10. The number of aryl methyl sites for hydroxylation is 2. The molecule has 3 fully saturated rings. The molecule has 37 heavy (non-hydrogen) atoms. The average molecular weight is 651 g/mol. The summed E-state index contributed by atoms with van der Waals surface area (Å²) in [5, 5.41) is 0.795. The molecule has 1 saturated carbocycles. The largest absolute Gasteiger partial charge is 0.353 e. The van der Waals surface area contributed by atoms with Crippen LogP contribution >= 0.6 is 43.5 Å². The van der Waals surface area contributed by atoms with Crippen LogP contribution < -0.4 is 0 Å². The van der Waals surface area contributed by atoms with E-state index in [2.05, 4.69) is 55.0 Å². The maximum atomic E-state index is 12.1. The number of aromatic nitrogens is 1. The van der Waals surface area contributed by atoms with E-state index in [0.717, 1.165) is 91.3 Å². The molecule has 4 aliphatic rings. The second kappa shape index (κ2) is 11.4. The smallest absolute Gasteiger partial charge is 0.137 e. The van der Waals surface area contributed by atoms with E-state index >= 15 is 0 Å². The molecule has 0 spiro atoms. The molecule has 4 nitrogen and oxygen atoms in total. The number of nitrogens with zero attached hydrogens (tertiary/aromatic N) is 2. The molecule has 2 aliphatic carbocycles. The van der Waals surface area contributed by atoms with Gasteiger partial charge in [0.2, 0.25) is 0 Å². The summed E-state index contributed by atoms with van der Waals surface area (Å²) < 4.78 is 8.29. The number of Topliss-reactive ketones (excluding diaryl/α,β-unsaturated/α-hetero) is 1. The number of piperidine rings is 1. The molecule has 2 aliphatic heterocycles. The van der Waals surface area contributed by atoms with E-state index in [1.54, 1.807) is 0 Å². The van der Waals surface area contributed by atoms with Crippen LogP contribution in [-0.4, -0.2) is 41.1 Å². The topological polar surface area (TPSA) is 45.7 Å². The summed E-state index contributed by atoms with van der Waals surface area (Å²) in [5.41, 5.74) is 5.32. The zero-order valence-corrected chi connectivity index (χ0v) is 25.2. The van der Waals surface area contributed by atoms with Crippen molar-refractivity contribution in [3.63, 3.8) is 0 Å². The molecule has 4 atom stereocenters. The number of ketones is 1. The quantitative estimate of drug-likeness (QED) is 0.299. The Balaban J connectivity index is 1.11. The molecule has 198 valence electrons. The van der Waals surface area contributed by atoms with E-state index in [1.165, 1.54) is 28.8 Å². The number of halogens is 3. The Morgan fingerprint density at radius 2 is 1.81 bits per heavy atom. The fourth-order valence-electron chi connectivity index (χ4n) is 7.13. The Morgan fingerprint density at radius 1 is 1.00 bits per heavy atom. The number of hydrogen-bond donors (Lipinski definition) is 0. The van der Waals surface area contributed by atoms with Gasteiger partial charge >= 0.3 is 0 Å². The molecule has 2 saturated heterocycles.